The molecule has 0 radical (unpaired) electrons. The van der Waals surface area contributed by atoms with Gasteiger partial charge in [-0.25, -0.2) is 0 Å². The van der Waals surface area contributed by atoms with Gasteiger partial charge in [-0.1, -0.05) is 12.1 Å². The van der Waals surface area contributed by atoms with Gasteiger partial charge in [-0.3, -0.25) is 19.6 Å². The van der Waals surface area contributed by atoms with Crippen LogP contribution in [0.25, 0.3) is 0 Å². The van der Waals surface area contributed by atoms with E-state index >= 15 is 0 Å². The molecule has 0 saturated heterocycles. The fraction of sp³-hybridized carbons (Fsp3) is 0.286. The van der Waals surface area contributed by atoms with Crippen LogP contribution in [0.3, 0.4) is 0 Å². The smallest absolute Gasteiger partial charge is 0.306 e. The van der Waals surface area contributed by atoms with Gasteiger partial charge < -0.3 is 11.1 Å². The van der Waals surface area contributed by atoms with Crippen molar-refractivity contribution in [2.45, 2.75) is 19.4 Å². The summed E-state index contributed by atoms with van der Waals surface area (Å²) in [6.45, 7) is 0.837. The molecule has 2 aromatic rings. The third-order valence-electron chi connectivity index (χ3n) is 3.11. The molecular weight excluding hydrogens is 286 g/mol. The van der Waals surface area contributed by atoms with Crippen LogP contribution in [0.1, 0.15) is 12.0 Å². The Morgan fingerprint density at radius 2 is 2.09 bits per heavy atom. The van der Waals surface area contributed by atoms with Gasteiger partial charge in [-0.2, -0.15) is 5.10 Å². The van der Waals surface area contributed by atoms with Crippen LogP contribution in [-0.2, 0) is 17.8 Å². The highest BCUT2D eigenvalue weighted by Crippen LogP contribution is 2.08. The van der Waals surface area contributed by atoms with Gasteiger partial charge in [0.05, 0.1) is 4.92 Å². The Morgan fingerprint density at radius 1 is 1.36 bits per heavy atom. The van der Waals surface area contributed by atoms with Crippen molar-refractivity contribution >= 4 is 17.3 Å². The first-order valence-corrected chi connectivity index (χ1v) is 6.82. The summed E-state index contributed by atoms with van der Waals surface area (Å²) in [6.07, 6.45) is 3.42. The molecule has 8 heteroatoms. The van der Waals surface area contributed by atoms with Crippen LogP contribution in [0.15, 0.2) is 36.7 Å². The first-order chi connectivity index (χ1) is 10.5. The molecule has 0 fully saturated rings. The second-order valence-corrected chi connectivity index (χ2v) is 4.81. The Morgan fingerprint density at radius 3 is 2.73 bits per heavy atom. The predicted molar refractivity (Wildman–Crippen MR) is 81.1 cm³/mol. The molecule has 0 spiro atoms. The summed E-state index contributed by atoms with van der Waals surface area (Å²) in [5.41, 5.74) is 7.32. The minimum absolute atomic E-state index is 0.0799. The van der Waals surface area contributed by atoms with Crippen molar-refractivity contribution < 1.29 is 9.72 Å². The summed E-state index contributed by atoms with van der Waals surface area (Å²) in [4.78, 5) is 21.7. The lowest BCUT2D eigenvalue weighted by Gasteiger charge is -2.06. The standard InChI is InChI=1S/C14H17N5O3/c15-12-3-1-11(2-4-12)5-7-16-14(20)6-8-18-10-13(9-17-18)19(21)22/h1-4,9-10H,5-8,15H2,(H,16,20). The lowest BCUT2D eigenvalue weighted by atomic mass is 10.1. The van der Waals surface area contributed by atoms with Gasteiger partial charge in [0, 0.05) is 25.2 Å². The van der Waals surface area contributed by atoms with E-state index in [1.54, 1.807) is 0 Å². The van der Waals surface area contributed by atoms with Crippen molar-refractivity contribution in [2.75, 3.05) is 12.3 Å². The lowest BCUT2D eigenvalue weighted by molar-refractivity contribution is -0.385. The average Bonchev–Trinajstić information content (AvgIpc) is 2.96. The van der Waals surface area contributed by atoms with Crippen LogP contribution in [0.2, 0.25) is 0 Å². The lowest BCUT2D eigenvalue weighted by Crippen LogP contribution is -2.26. The molecule has 1 heterocycles. The molecule has 0 unspecified atom stereocenters. The number of aryl methyl sites for hydroxylation is 1. The first-order valence-electron chi connectivity index (χ1n) is 6.82. The van der Waals surface area contributed by atoms with Gasteiger partial charge in [0.2, 0.25) is 5.91 Å². The van der Waals surface area contributed by atoms with Gasteiger partial charge in [-0.15, -0.1) is 0 Å². The van der Waals surface area contributed by atoms with Gasteiger partial charge >= 0.3 is 5.69 Å². The number of benzene rings is 1. The SMILES string of the molecule is Nc1ccc(CCNC(=O)CCn2cc([N+](=O)[O-])cn2)cc1. The predicted octanol–water partition coefficient (Wildman–Crippen LogP) is 1.12. The summed E-state index contributed by atoms with van der Waals surface area (Å²) < 4.78 is 1.39. The molecule has 0 aliphatic rings. The Hall–Kier alpha value is -2.90. The molecule has 0 aliphatic heterocycles. The molecule has 2 rings (SSSR count). The number of rotatable bonds is 7. The third-order valence-corrected chi connectivity index (χ3v) is 3.11. The van der Waals surface area contributed by atoms with Gasteiger partial charge in [0.15, 0.2) is 0 Å². The second-order valence-electron chi connectivity index (χ2n) is 4.81. The zero-order valence-electron chi connectivity index (χ0n) is 11.9. The van der Waals surface area contributed by atoms with Gasteiger partial charge in [0.1, 0.15) is 12.4 Å². The van der Waals surface area contributed by atoms with Crippen molar-refractivity contribution in [1.82, 2.24) is 15.1 Å². The number of amides is 1. The molecule has 116 valence electrons. The Labute approximate surface area is 127 Å². The van der Waals surface area contributed by atoms with E-state index in [1.807, 2.05) is 24.3 Å². The number of nitrogens with two attached hydrogens (primary N) is 1. The summed E-state index contributed by atoms with van der Waals surface area (Å²) >= 11 is 0. The fourth-order valence-electron chi connectivity index (χ4n) is 1.90. The molecule has 0 aliphatic carbocycles. The quantitative estimate of drug-likeness (QED) is 0.451. The average molecular weight is 303 g/mol. The minimum atomic E-state index is -0.518. The van der Waals surface area contributed by atoms with Crippen LogP contribution in [0.4, 0.5) is 11.4 Å². The molecule has 1 amide bonds. The maximum absolute atomic E-state index is 11.7. The largest absolute Gasteiger partial charge is 0.399 e. The number of carbonyl (C=O) groups excluding carboxylic acids is 1. The molecule has 22 heavy (non-hydrogen) atoms. The van der Waals surface area contributed by atoms with E-state index in [0.717, 1.165) is 12.0 Å². The summed E-state index contributed by atoms with van der Waals surface area (Å²) in [5, 5.41) is 17.1. The molecule has 0 saturated carbocycles. The minimum Gasteiger partial charge on any atom is -0.399 e. The summed E-state index contributed by atoms with van der Waals surface area (Å²) in [5.74, 6) is -0.117. The molecule has 8 nitrogen and oxygen atoms in total. The molecule has 1 aromatic carbocycles. The fourth-order valence-corrected chi connectivity index (χ4v) is 1.90. The van der Waals surface area contributed by atoms with Crippen molar-refractivity contribution in [3.63, 3.8) is 0 Å². The van der Waals surface area contributed by atoms with Crippen molar-refractivity contribution in [3.8, 4) is 0 Å². The van der Waals surface area contributed by atoms with Crippen LogP contribution >= 0.6 is 0 Å². The van der Waals surface area contributed by atoms with E-state index in [0.29, 0.717) is 18.8 Å². The number of nitrogens with one attached hydrogen (secondary N) is 1. The van der Waals surface area contributed by atoms with Crippen molar-refractivity contribution in [2.24, 2.45) is 0 Å². The summed E-state index contributed by atoms with van der Waals surface area (Å²) in [7, 11) is 0. The van der Waals surface area contributed by atoms with Crippen molar-refractivity contribution in [3.05, 3.63) is 52.3 Å². The number of carbonyl (C=O) groups is 1. The maximum atomic E-state index is 11.7. The Bertz CT molecular complexity index is 651. The molecule has 1 aromatic heterocycles. The monoisotopic (exact) mass is 303 g/mol. The Balaban J connectivity index is 1.69. The topological polar surface area (TPSA) is 116 Å². The number of nitrogen functional groups attached to an aromatic ring is 1. The van der Waals surface area contributed by atoms with Crippen molar-refractivity contribution in [1.29, 1.82) is 0 Å². The number of nitro groups is 1. The number of aromatic nitrogens is 2. The van der Waals surface area contributed by atoms with E-state index in [-0.39, 0.29) is 18.0 Å². The molecular formula is C14H17N5O3. The molecule has 3 N–H and O–H groups in total. The zero-order valence-corrected chi connectivity index (χ0v) is 11.9. The number of anilines is 1. The van der Waals surface area contributed by atoms with Crippen LogP contribution in [-0.4, -0.2) is 27.2 Å². The van der Waals surface area contributed by atoms with Crippen LogP contribution in [0.5, 0.6) is 0 Å². The zero-order chi connectivity index (χ0) is 15.9. The van der Waals surface area contributed by atoms with Crippen LogP contribution in [0, 0.1) is 10.1 Å². The third kappa shape index (κ3) is 4.58. The van der Waals surface area contributed by atoms with Gasteiger partial charge in [0.25, 0.3) is 0 Å². The highest BCUT2D eigenvalue weighted by atomic mass is 16.6. The van der Waals surface area contributed by atoms with E-state index in [4.69, 9.17) is 5.73 Å². The van der Waals surface area contributed by atoms with E-state index in [2.05, 4.69) is 10.4 Å². The van der Waals surface area contributed by atoms with Gasteiger partial charge in [-0.05, 0) is 24.1 Å². The number of hydrogen-bond acceptors (Lipinski definition) is 5. The van der Waals surface area contributed by atoms with E-state index < -0.39 is 4.92 Å². The Kier molecular flexibility index (Phi) is 5.07. The molecule has 0 bridgehead atoms. The van der Waals surface area contributed by atoms with Crippen LogP contribution < -0.4 is 11.1 Å². The van der Waals surface area contributed by atoms with E-state index in [1.165, 1.54) is 17.1 Å². The first kappa shape index (κ1) is 15.5. The normalized spacial score (nSPS) is 10.4. The highest BCUT2D eigenvalue weighted by molar-refractivity contribution is 5.75. The van der Waals surface area contributed by atoms with E-state index in [9.17, 15) is 14.9 Å². The highest BCUT2D eigenvalue weighted by Gasteiger charge is 2.09. The molecule has 0 atom stereocenters. The number of hydrogen-bond donors (Lipinski definition) is 2. The summed E-state index contributed by atoms with van der Waals surface area (Å²) in [6, 6.07) is 7.48. The number of nitrogens with zero attached hydrogens (tertiary/aromatic N) is 3. The second kappa shape index (κ2) is 7.21. The maximum Gasteiger partial charge on any atom is 0.306 e.